The maximum absolute atomic E-state index is 14.2. The number of hydrogen-bond donors (Lipinski definition) is 0. The quantitative estimate of drug-likeness (QED) is 0.0264. The molecular weight excluding hydrogens is 1270 g/mol. The summed E-state index contributed by atoms with van der Waals surface area (Å²) in [7, 11) is 0. The monoisotopic (exact) mass is 1390 g/mol. The second-order valence-electron chi connectivity index (χ2n) is 28.6. The van der Waals surface area contributed by atoms with E-state index in [0.29, 0.717) is 108 Å². The normalized spacial score (nSPS) is 12.1. The van der Waals surface area contributed by atoms with Gasteiger partial charge in [0.15, 0.2) is 34.7 Å². The number of carbonyl (C=O) groups excluding carboxylic acids is 6. The van der Waals surface area contributed by atoms with Crippen LogP contribution in [0.1, 0.15) is 366 Å². The molecule has 0 aliphatic heterocycles. The number of unbranched alkanes of at least 4 members (excludes halogenated alkanes) is 18. The molecule has 0 heterocycles. The molecule has 0 atom stereocenters. The number of ketones is 6. The number of fused-ring (bicyclic) bond motifs is 12. The van der Waals surface area contributed by atoms with Crippen molar-refractivity contribution in [3.63, 3.8) is 0 Å². The molecule has 12 bridgehead atoms. The molecule has 6 aromatic rings. The third kappa shape index (κ3) is 24.1. The van der Waals surface area contributed by atoms with E-state index in [9.17, 15) is 28.8 Å². The van der Waals surface area contributed by atoms with Gasteiger partial charge in [-0.1, -0.05) is 157 Å². The predicted molar refractivity (Wildman–Crippen MR) is 413 cm³/mol. The van der Waals surface area contributed by atoms with E-state index in [4.69, 9.17) is 28.4 Å². The lowest BCUT2D eigenvalue weighted by Gasteiger charge is -2.24. The molecule has 0 amide bonds. The molecule has 12 heteroatoms. The Morgan fingerprint density at radius 1 is 0.206 bits per heavy atom. The lowest BCUT2D eigenvalue weighted by Crippen LogP contribution is -2.13. The Labute approximate surface area is 611 Å². The summed E-state index contributed by atoms with van der Waals surface area (Å²) in [5.41, 5.74) is 11.7. The van der Waals surface area contributed by atoms with Crippen LogP contribution in [0.2, 0.25) is 0 Å². The highest BCUT2D eigenvalue weighted by Crippen LogP contribution is 2.43. The predicted octanol–water partition coefficient (Wildman–Crippen LogP) is 22.5. The van der Waals surface area contributed by atoms with Gasteiger partial charge in [-0.3, -0.25) is 28.8 Å². The van der Waals surface area contributed by atoms with Gasteiger partial charge < -0.3 is 28.4 Å². The van der Waals surface area contributed by atoms with Crippen LogP contribution in [0.3, 0.4) is 0 Å². The first-order valence-corrected chi connectivity index (χ1v) is 39.1. The van der Waals surface area contributed by atoms with Crippen LogP contribution in [0.4, 0.5) is 0 Å². The Balaban J connectivity index is 1.69. The van der Waals surface area contributed by atoms with Gasteiger partial charge in [-0.15, -0.1) is 0 Å². The molecule has 1 aliphatic carbocycles. The molecule has 12 nitrogen and oxygen atoms in total. The molecular formula is C90H120O12. The zero-order valence-corrected chi connectivity index (χ0v) is 64.3. The Morgan fingerprint density at radius 2 is 0.324 bits per heavy atom. The molecule has 0 saturated carbocycles. The lowest BCUT2D eigenvalue weighted by molar-refractivity contribution is 0.100. The van der Waals surface area contributed by atoms with Crippen LogP contribution in [-0.2, 0) is 38.5 Å². The first-order valence-electron chi connectivity index (χ1n) is 39.1. The summed E-state index contributed by atoms with van der Waals surface area (Å²) in [6.45, 7) is 25.0. The van der Waals surface area contributed by atoms with E-state index < -0.39 is 0 Å². The third-order valence-corrected chi connectivity index (χ3v) is 19.6. The smallest absolute Gasteiger partial charge is 0.159 e. The summed E-state index contributed by atoms with van der Waals surface area (Å²) in [5.74, 6) is 2.78. The Hall–Kier alpha value is -7.86. The molecule has 0 radical (unpaired) electrons. The molecule has 0 saturated heterocycles. The molecule has 1 aliphatic rings. The van der Waals surface area contributed by atoms with E-state index in [1.54, 1.807) is 41.5 Å². The van der Waals surface area contributed by atoms with Crippen LogP contribution >= 0.6 is 0 Å². The molecule has 552 valence electrons. The van der Waals surface area contributed by atoms with Crippen LogP contribution in [0, 0.1) is 0 Å². The summed E-state index contributed by atoms with van der Waals surface area (Å²) >= 11 is 0. The molecule has 6 aromatic carbocycles. The molecule has 0 fully saturated rings. The highest BCUT2D eigenvalue weighted by atomic mass is 16.5. The fourth-order valence-corrected chi connectivity index (χ4v) is 13.9. The molecule has 0 aromatic heterocycles. The molecule has 7 rings (SSSR count). The molecule has 0 unspecified atom stereocenters. The second-order valence-corrected chi connectivity index (χ2v) is 28.6. The van der Waals surface area contributed by atoms with Gasteiger partial charge in [0.2, 0.25) is 0 Å². The van der Waals surface area contributed by atoms with Crippen LogP contribution in [-0.4, -0.2) is 74.3 Å². The van der Waals surface area contributed by atoms with Crippen LogP contribution in [0.5, 0.6) is 34.5 Å². The van der Waals surface area contributed by atoms with E-state index in [1.807, 2.05) is 72.8 Å². The number of carbonyl (C=O) groups is 6. The van der Waals surface area contributed by atoms with Gasteiger partial charge in [-0.2, -0.15) is 0 Å². The molecule has 0 spiro atoms. The number of hydrogen-bond acceptors (Lipinski definition) is 12. The maximum Gasteiger partial charge on any atom is 0.159 e. The number of rotatable bonds is 42. The van der Waals surface area contributed by atoms with Crippen molar-refractivity contribution in [2.45, 2.75) is 276 Å². The van der Waals surface area contributed by atoms with E-state index >= 15 is 0 Å². The number of ether oxygens (including phenoxy) is 6. The number of benzene rings is 6. The summed E-state index contributed by atoms with van der Waals surface area (Å²) in [6, 6.07) is 23.1. The minimum absolute atomic E-state index is 0.141. The Morgan fingerprint density at radius 3 is 0.422 bits per heavy atom. The van der Waals surface area contributed by atoms with Crippen molar-refractivity contribution in [1.82, 2.24) is 0 Å². The van der Waals surface area contributed by atoms with Gasteiger partial charge in [-0.25, -0.2) is 0 Å². The summed E-state index contributed by atoms with van der Waals surface area (Å²) in [5, 5.41) is 0. The SMILES string of the molecule is CCCCCCOc1c2cc(C(C)=O)cc1Cc1cc(C(C)=O)cc(c1OCCCCCC)Cc1cc(C(C)=O)cc(c1OCCCCCC)Cc1cc(C(C)=O)cc(c1OCCCCCC)Cc1cc(C(C)=O)cc(c1OCCCCCC)Cc1cc(C(C)=O)cc(c1OCCCCCC)C2. The van der Waals surface area contributed by atoms with Gasteiger partial charge in [0, 0.05) is 71.9 Å². The van der Waals surface area contributed by atoms with Crippen molar-refractivity contribution >= 4 is 34.7 Å². The van der Waals surface area contributed by atoms with Gasteiger partial charge in [0.05, 0.1) is 39.6 Å². The first kappa shape index (κ1) is 81.4. The van der Waals surface area contributed by atoms with Gasteiger partial charge in [0.1, 0.15) is 34.5 Å². The minimum Gasteiger partial charge on any atom is -0.493 e. The topological polar surface area (TPSA) is 158 Å². The third-order valence-electron chi connectivity index (χ3n) is 19.6. The fourth-order valence-electron chi connectivity index (χ4n) is 13.9. The zero-order chi connectivity index (χ0) is 73.5. The summed E-state index contributed by atoms with van der Waals surface area (Å²) < 4.78 is 42.9. The average molecular weight is 1390 g/mol. The standard InChI is InChI=1S/C90H120O12/c1-13-19-25-31-37-97-85-73-43-67(61(7)91)44-74(85)56-76-46-69(63(9)93)48-78(87(76)99-39-33-27-21-15-3)58-80-50-71(65(11)95)52-82(89(80)101-41-35-29-23-17-5)60-84-54-72(66(12)96)53-83(90(84)102-42-36-30-24-18-6)59-81-51-70(64(10)94)49-79(88(81)100-40-34-28-22-16-4)57-77-47-68(62(8)92)45-75(55-73)86(77)98-38-32-26-20-14-2/h43-54H,13-42,55-60H2,1-12H3. The average Bonchev–Trinajstić information content (AvgIpc) is 0.779. The zero-order valence-electron chi connectivity index (χ0n) is 64.3. The van der Waals surface area contributed by atoms with E-state index in [2.05, 4.69) is 41.5 Å². The lowest BCUT2D eigenvalue weighted by atomic mass is 9.87. The van der Waals surface area contributed by atoms with Crippen molar-refractivity contribution < 1.29 is 57.2 Å². The second kappa shape index (κ2) is 42.7. The summed E-state index contributed by atoms with van der Waals surface area (Å²) in [4.78, 5) is 85.3. The van der Waals surface area contributed by atoms with Crippen molar-refractivity contribution in [1.29, 1.82) is 0 Å². The van der Waals surface area contributed by atoms with Crippen LogP contribution in [0.15, 0.2) is 72.8 Å². The summed E-state index contributed by atoms with van der Waals surface area (Å²) in [6.07, 6.45) is 24.2. The van der Waals surface area contributed by atoms with E-state index in [1.165, 1.54) is 0 Å². The van der Waals surface area contributed by atoms with Crippen molar-refractivity contribution in [3.05, 3.63) is 173 Å². The highest BCUT2D eigenvalue weighted by Gasteiger charge is 2.28. The van der Waals surface area contributed by atoms with Crippen molar-refractivity contribution in [2.24, 2.45) is 0 Å². The van der Waals surface area contributed by atoms with Gasteiger partial charge >= 0.3 is 0 Å². The fraction of sp³-hybridized carbons (Fsp3) is 0.533. The van der Waals surface area contributed by atoms with E-state index in [-0.39, 0.29) is 73.2 Å². The van der Waals surface area contributed by atoms with Crippen LogP contribution in [0.25, 0.3) is 0 Å². The largest absolute Gasteiger partial charge is 0.493 e. The highest BCUT2D eigenvalue weighted by molar-refractivity contribution is 5.98. The minimum atomic E-state index is -0.141. The van der Waals surface area contributed by atoms with Crippen molar-refractivity contribution in [3.8, 4) is 34.5 Å². The molecule has 102 heavy (non-hydrogen) atoms. The first-order chi connectivity index (χ1) is 49.3. The maximum atomic E-state index is 14.2. The van der Waals surface area contributed by atoms with Crippen molar-refractivity contribution in [2.75, 3.05) is 39.6 Å². The molecule has 0 N–H and O–H groups in total. The number of Topliss-reactive ketones (excluding diaryl/α,β-unsaturated/α-hetero) is 6. The van der Waals surface area contributed by atoms with Gasteiger partial charge in [0.25, 0.3) is 0 Å². The van der Waals surface area contributed by atoms with Crippen LogP contribution < -0.4 is 28.4 Å². The van der Waals surface area contributed by atoms with Gasteiger partial charge in [-0.05, 0) is 220 Å². The Kier molecular flexibility index (Phi) is 34.1. The Bertz CT molecular complexity index is 3020. The van der Waals surface area contributed by atoms with E-state index in [0.717, 1.165) is 221 Å².